The normalized spacial score (nSPS) is 16.9. The number of hydrogen-bond donors (Lipinski definition) is 0. The summed E-state index contributed by atoms with van der Waals surface area (Å²) < 4.78 is 11.2. The molecule has 2 aliphatic heterocycles. The topological polar surface area (TPSA) is 67.8 Å². The summed E-state index contributed by atoms with van der Waals surface area (Å²) in [5.41, 5.74) is 1.81. The zero-order chi connectivity index (χ0) is 21.8. The number of morpholine rings is 1. The summed E-state index contributed by atoms with van der Waals surface area (Å²) in [7, 11) is 0. The largest absolute Gasteiger partial charge is 0.484 e. The summed E-state index contributed by atoms with van der Waals surface area (Å²) in [6.07, 6.45) is 3.37. The average Bonchev–Trinajstić information content (AvgIpc) is 2.88. The first kappa shape index (κ1) is 20.7. The maximum atomic E-state index is 12.3. The zero-order valence-electron chi connectivity index (χ0n) is 18.2. The second-order valence-electron chi connectivity index (χ2n) is 8.27. The van der Waals surface area contributed by atoms with E-state index in [4.69, 9.17) is 9.47 Å². The van der Waals surface area contributed by atoms with Crippen molar-refractivity contribution in [2.75, 3.05) is 50.9 Å². The Balaban J connectivity index is 1.33. The Morgan fingerprint density at radius 1 is 0.875 bits per heavy atom. The standard InChI is InChI=1S/C25H28N4O3/c30-23(28-12-4-1-5-13-28)18-32-20-10-8-19(9-11-20)24-21-6-2-3-7-22(21)25(27-26-24)29-14-16-31-17-15-29/h2-3,6-11H,1,4-5,12-18H2. The van der Waals surface area contributed by atoms with E-state index < -0.39 is 0 Å². The van der Waals surface area contributed by atoms with Crippen LogP contribution in [0.3, 0.4) is 0 Å². The first-order valence-electron chi connectivity index (χ1n) is 11.4. The van der Waals surface area contributed by atoms with Crippen LogP contribution in [0.25, 0.3) is 22.0 Å². The van der Waals surface area contributed by atoms with E-state index in [0.717, 1.165) is 66.9 Å². The van der Waals surface area contributed by atoms with Crippen LogP contribution in [0, 0.1) is 0 Å². The quantitative estimate of drug-likeness (QED) is 0.615. The van der Waals surface area contributed by atoms with E-state index in [0.29, 0.717) is 19.0 Å². The Kier molecular flexibility index (Phi) is 6.16. The van der Waals surface area contributed by atoms with Gasteiger partial charge in [0, 0.05) is 42.5 Å². The van der Waals surface area contributed by atoms with Gasteiger partial charge in [-0.15, -0.1) is 10.2 Å². The number of piperidine rings is 1. The van der Waals surface area contributed by atoms with Crippen molar-refractivity contribution in [3.8, 4) is 17.0 Å². The third-order valence-electron chi connectivity index (χ3n) is 6.18. The third-order valence-corrected chi connectivity index (χ3v) is 6.18. The van der Waals surface area contributed by atoms with Crippen LogP contribution in [0.1, 0.15) is 19.3 Å². The molecule has 0 atom stereocenters. The minimum atomic E-state index is 0.0596. The van der Waals surface area contributed by atoms with E-state index in [1.165, 1.54) is 6.42 Å². The van der Waals surface area contributed by atoms with E-state index in [1.54, 1.807) is 0 Å². The number of aromatic nitrogens is 2. The Hall–Kier alpha value is -3.19. The molecule has 5 rings (SSSR count). The number of hydrogen-bond acceptors (Lipinski definition) is 6. The Labute approximate surface area is 187 Å². The molecule has 1 amide bonds. The lowest BCUT2D eigenvalue weighted by atomic mass is 10.0. The maximum Gasteiger partial charge on any atom is 0.260 e. The van der Waals surface area contributed by atoms with Crippen molar-refractivity contribution in [1.82, 2.24) is 15.1 Å². The van der Waals surface area contributed by atoms with E-state index >= 15 is 0 Å². The van der Waals surface area contributed by atoms with Crippen molar-refractivity contribution in [3.05, 3.63) is 48.5 Å². The highest BCUT2D eigenvalue weighted by molar-refractivity contribution is 6.00. The smallest absolute Gasteiger partial charge is 0.260 e. The van der Waals surface area contributed by atoms with Gasteiger partial charge in [0.2, 0.25) is 0 Å². The van der Waals surface area contributed by atoms with Gasteiger partial charge in [-0.2, -0.15) is 0 Å². The molecule has 0 unspecified atom stereocenters. The maximum absolute atomic E-state index is 12.3. The van der Waals surface area contributed by atoms with Crippen LogP contribution >= 0.6 is 0 Å². The number of benzene rings is 2. The predicted molar refractivity (Wildman–Crippen MR) is 124 cm³/mol. The lowest BCUT2D eigenvalue weighted by Gasteiger charge is -2.28. The van der Waals surface area contributed by atoms with Gasteiger partial charge < -0.3 is 19.3 Å². The molecule has 0 aliphatic carbocycles. The van der Waals surface area contributed by atoms with Gasteiger partial charge in [-0.05, 0) is 43.5 Å². The molecule has 1 aromatic heterocycles. The van der Waals surface area contributed by atoms with Crippen LogP contribution in [0.4, 0.5) is 5.82 Å². The average molecular weight is 433 g/mol. The number of anilines is 1. The molecule has 166 valence electrons. The van der Waals surface area contributed by atoms with E-state index in [-0.39, 0.29) is 12.5 Å². The number of amides is 1. The van der Waals surface area contributed by atoms with Crippen molar-refractivity contribution in [2.24, 2.45) is 0 Å². The lowest BCUT2D eigenvalue weighted by molar-refractivity contribution is -0.134. The summed E-state index contributed by atoms with van der Waals surface area (Å²) in [6.45, 7) is 4.82. The van der Waals surface area contributed by atoms with Crippen molar-refractivity contribution in [1.29, 1.82) is 0 Å². The molecule has 0 bridgehead atoms. The molecule has 2 fully saturated rings. The Bertz CT molecular complexity index is 1070. The molecular formula is C25H28N4O3. The monoisotopic (exact) mass is 432 g/mol. The van der Waals surface area contributed by atoms with Crippen LogP contribution in [-0.4, -0.2) is 67.0 Å². The van der Waals surface area contributed by atoms with Gasteiger partial charge >= 0.3 is 0 Å². The molecule has 7 heteroatoms. The number of fused-ring (bicyclic) bond motifs is 1. The fourth-order valence-corrected chi connectivity index (χ4v) is 4.40. The van der Waals surface area contributed by atoms with Crippen LogP contribution in [0.5, 0.6) is 5.75 Å². The summed E-state index contributed by atoms with van der Waals surface area (Å²) in [4.78, 5) is 16.5. The van der Waals surface area contributed by atoms with Crippen LogP contribution < -0.4 is 9.64 Å². The van der Waals surface area contributed by atoms with Crippen LogP contribution in [-0.2, 0) is 9.53 Å². The summed E-state index contributed by atoms with van der Waals surface area (Å²) in [5.74, 6) is 1.65. The van der Waals surface area contributed by atoms with E-state index in [1.807, 2.05) is 41.3 Å². The van der Waals surface area contributed by atoms with Gasteiger partial charge in [0.15, 0.2) is 12.4 Å². The third kappa shape index (κ3) is 4.39. The van der Waals surface area contributed by atoms with Gasteiger partial charge in [-0.3, -0.25) is 4.79 Å². The molecule has 0 radical (unpaired) electrons. The highest BCUT2D eigenvalue weighted by Crippen LogP contribution is 2.32. The van der Waals surface area contributed by atoms with Gasteiger partial charge in [-0.25, -0.2) is 0 Å². The Morgan fingerprint density at radius 2 is 1.59 bits per heavy atom. The highest BCUT2D eigenvalue weighted by atomic mass is 16.5. The molecule has 7 nitrogen and oxygen atoms in total. The number of likely N-dealkylation sites (tertiary alicyclic amines) is 1. The summed E-state index contributed by atoms with van der Waals surface area (Å²) >= 11 is 0. The summed E-state index contributed by atoms with van der Waals surface area (Å²) in [5, 5.41) is 11.3. The molecule has 0 N–H and O–H groups in total. The van der Waals surface area contributed by atoms with Crippen LogP contribution in [0.15, 0.2) is 48.5 Å². The molecule has 0 saturated carbocycles. The number of ether oxygens (including phenoxy) is 2. The number of rotatable bonds is 5. The molecule has 32 heavy (non-hydrogen) atoms. The molecule has 3 aromatic rings. The summed E-state index contributed by atoms with van der Waals surface area (Å²) in [6, 6.07) is 16.0. The zero-order valence-corrected chi connectivity index (χ0v) is 18.2. The molecule has 3 heterocycles. The first-order chi connectivity index (χ1) is 15.8. The fourth-order valence-electron chi connectivity index (χ4n) is 4.40. The van der Waals surface area contributed by atoms with Crippen molar-refractivity contribution in [2.45, 2.75) is 19.3 Å². The molecule has 2 aromatic carbocycles. The predicted octanol–water partition coefficient (Wildman–Crippen LogP) is 3.52. The van der Waals surface area contributed by atoms with Crippen molar-refractivity contribution < 1.29 is 14.3 Å². The van der Waals surface area contributed by atoms with Gasteiger partial charge in [0.1, 0.15) is 11.4 Å². The highest BCUT2D eigenvalue weighted by Gasteiger charge is 2.19. The van der Waals surface area contributed by atoms with E-state index in [2.05, 4.69) is 27.2 Å². The second-order valence-corrected chi connectivity index (χ2v) is 8.27. The molecule has 0 spiro atoms. The lowest BCUT2D eigenvalue weighted by Crippen LogP contribution is -2.38. The van der Waals surface area contributed by atoms with Gasteiger partial charge in [0.25, 0.3) is 5.91 Å². The fraction of sp³-hybridized carbons (Fsp3) is 0.400. The van der Waals surface area contributed by atoms with Crippen LogP contribution in [0.2, 0.25) is 0 Å². The SMILES string of the molecule is O=C(COc1ccc(-c2nnc(N3CCOCC3)c3ccccc23)cc1)N1CCCCC1. The molecule has 2 saturated heterocycles. The van der Waals surface area contributed by atoms with Gasteiger partial charge in [0.05, 0.1) is 13.2 Å². The minimum Gasteiger partial charge on any atom is -0.484 e. The van der Waals surface area contributed by atoms with Crippen molar-refractivity contribution in [3.63, 3.8) is 0 Å². The van der Waals surface area contributed by atoms with Gasteiger partial charge in [-0.1, -0.05) is 24.3 Å². The molecule has 2 aliphatic rings. The number of carbonyl (C=O) groups excluding carboxylic acids is 1. The van der Waals surface area contributed by atoms with Crippen molar-refractivity contribution >= 4 is 22.5 Å². The van der Waals surface area contributed by atoms with E-state index in [9.17, 15) is 4.79 Å². The Morgan fingerprint density at radius 3 is 2.34 bits per heavy atom. The number of carbonyl (C=O) groups is 1. The molecular weight excluding hydrogens is 404 g/mol. The first-order valence-corrected chi connectivity index (χ1v) is 11.4. The second kappa shape index (κ2) is 9.53. The minimum absolute atomic E-state index is 0.0596. The number of nitrogens with zero attached hydrogens (tertiary/aromatic N) is 4.